The van der Waals surface area contributed by atoms with Gasteiger partial charge >= 0.3 is 0 Å². The Morgan fingerprint density at radius 2 is 1.00 bits per heavy atom. The van der Waals surface area contributed by atoms with E-state index < -0.39 is 0 Å². The zero-order chi connectivity index (χ0) is 21.2. The van der Waals surface area contributed by atoms with E-state index in [-0.39, 0.29) is 0 Å². The number of nitrogens with zero attached hydrogens (tertiary/aromatic N) is 1. The van der Waals surface area contributed by atoms with Crippen molar-refractivity contribution in [3.05, 3.63) is 124 Å². The summed E-state index contributed by atoms with van der Waals surface area (Å²) in [5.74, 6) is 0. The summed E-state index contributed by atoms with van der Waals surface area (Å²) in [5, 5.41) is 2.51. The average Bonchev–Trinajstić information content (AvgIpc) is 2.82. The molecule has 0 unspecified atom stereocenters. The van der Waals surface area contributed by atoms with Crippen molar-refractivity contribution in [2.75, 3.05) is 4.90 Å². The lowest BCUT2D eigenvalue weighted by atomic mass is 10.0. The lowest BCUT2D eigenvalue weighted by molar-refractivity contribution is 1.28. The van der Waals surface area contributed by atoms with Crippen LogP contribution in [-0.4, -0.2) is 0 Å². The van der Waals surface area contributed by atoms with Gasteiger partial charge in [-0.25, -0.2) is 0 Å². The van der Waals surface area contributed by atoms with Crippen LogP contribution in [0.1, 0.15) is 0 Å². The monoisotopic (exact) mass is 527 g/mol. The molecule has 0 saturated carbocycles. The fourth-order valence-electron chi connectivity index (χ4n) is 3.82. The van der Waals surface area contributed by atoms with Crippen LogP contribution in [0.4, 0.5) is 17.1 Å². The molecular weight excluding hydrogens is 510 g/mol. The Hall–Kier alpha value is -2.88. The van der Waals surface area contributed by atoms with E-state index >= 15 is 0 Å². The van der Waals surface area contributed by atoms with E-state index in [2.05, 4.69) is 152 Å². The first-order valence-corrected chi connectivity index (χ1v) is 11.7. The molecule has 0 spiro atoms. The van der Waals surface area contributed by atoms with Crippen LogP contribution < -0.4 is 4.90 Å². The van der Waals surface area contributed by atoms with Crippen molar-refractivity contribution in [2.24, 2.45) is 0 Å². The summed E-state index contributed by atoms with van der Waals surface area (Å²) in [6.07, 6.45) is 0. The van der Waals surface area contributed by atoms with Gasteiger partial charge in [0.1, 0.15) is 0 Å². The van der Waals surface area contributed by atoms with E-state index in [9.17, 15) is 0 Å². The SMILES string of the molecule is Brc1ccc(N(c2ccc(Br)cc2)c2cccc(-c3ccc4ccccc4c3)c2)cc1. The average molecular weight is 529 g/mol. The van der Waals surface area contributed by atoms with Gasteiger partial charge in [0.15, 0.2) is 0 Å². The first-order valence-electron chi connectivity index (χ1n) is 10.1. The Labute approximate surface area is 199 Å². The van der Waals surface area contributed by atoms with Crippen LogP contribution in [-0.2, 0) is 0 Å². The predicted octanol–water partition coefficient (Wildman–Crippen LogP) is 9.50. The van der Waals surface area contributed by atoms with Gasteiger partial charge in [-0.05, 0) is 88.6 Å². The van der Waals surface area contributed by atoms with Gasteiger partial charge in [0, 0.05) is 26.0 Å². The highest BCUT2D eigenvalue weighted by Gasteiger charge is 2.13. The van der Waals surface area contributed by atoms with Gasteiger partial charge in [-0.3, -0.25) is 0 Å². The van der Waals surface area contributed by atoms with Crippen molar-refractivity contribution >= 4 is 59.7 Å². The summed E-state index contributed by atoms with van der Waals surface area (Å²) in [4.78, 5) is 2.28. The third-order valence-corrected chi connectivity index (χ3v) is 6.41. The fourth-order valence-corrected chi connectivity index (χ4v) is 4.35. The minimum absolute atomic E-state index is 1.07. The second-order valence-electron chi connectivity index (χ2n) is 7.40. The minimum Gasteiger partial charge on any atom is -0.310 e. The lowest BCUT2D eigenvalue weighted by Gasteiger charge is -2.26. The summed E-state index contributed by atoms with van der Waals surface area (Å²) in [7, 11) is 0. The van der Waals surface area contributed by atoms with Crippen LogP contribution >= 0.6 is 31.9 Å². The molecule has 0 aliphatic heterocycles. The molecule has 0 N–H and O–H groups in total. The molecule has 0 fully saturated rings. The molecule has 0 heterocycles. The Balaban J connectivity index is 1.62. The first-order chi connectivity index (χ1) is 15.2. The van der Waals surface area contributed by atoms with Gasteiger partial charge in [0.05, 0.1) is 0 Å². The Kier molecular flexibility index (Phi) is 5.63. The lowest BCUT2D eigenvalue weighted by Crippen LogP contribution is -2.09. The van der Waals surface area contributed by atoms with Crippen molar-refractivity contribution in [1.82, 2.24) is 0 Å². The normalized spacial score (nSPS) is 10.9. The summed E-state index contributed by atoms with van der Waals surface area (Å²) >= 11 is 7.11. The van der Waals surface area contributed by atoms with Crippen molar-refractivity contribution in [2.45, 2.75) is 0 Å². The van der Waals surface area contributed by atoms with Gasteiger partial charge in [-0.15, -0.1) is 0 Å². The third kappa shape index (κ3) is 4.30. The van der Waals surface area contributed by atoms with Gasteiger partial charge in [0.25, 0.3) is 0 Å². The number of hydrogen-bond donors (Lipinski definition) is 0. The van der Waals surface area contributed by atoms with Gasteiger partial charge in [-0.2, -0.15) is 0 Å². The van der Waals surface area contributed by atoms with Crippen LogP contribution in [0.25, 0.3) is 21.9 Å². The molecular formula is C28H19Br2N. The van der Waals surface area contributed by atoms with Crippen molar-refractivity contribution < 1.29 is 0 Å². The maximum Gasteiger partial charge on any atom is 0.0467 e. The van der Waals surface area contributed by atoms with Crippen LogP contribution in [0.3, 0.4) is 0 Å². The predicted molar refractivity (Wildman–Crippen MR) is 139 cm³/mol. The second kappa shape index (κ2) is 8.70. The van der Waals surface area contributed by atoms with Gasteiger partial charge in [-0.1, -0.05) is 80.4 Å². The molecule has 0 bridgehead atoms. The fraction of sp³-hybridized carbons (Fsp3) is 0. The molecule has 1 nitrogen and oxygen atoms in total. The van der Waals surface area contributed by atoms with Crippen molar-refractivity contribution in [3.63, 3.8) is 0 Å². The van der Waals surface area contributed by atoms with Crippen molar-refractivity contribution in [1.29, 1.82) is 0 Å². The van der Waals surface area contributed by atoms with Crippen molar-refractivity contribution in [3.8, 4) is 11.1 Å². The molecule has 5 rings (SSSR count). The number of fused-ring (bicyclic) bond motifs is 1. The maximum absolute atomic E-state index is 3.55. The number of anilines is 3. The number of halogens is 2. The van der Waals surface area contributed by atoms with Crippen LogP contribution in [0.5, 0.6) is 0 Å². The van der Waals surface area contributed by atoms with E-state index in [0.29, 0.717) is 0 Å². The van der Waals surface area contributed by atoms with E-state index in [0.717, 1.165) is 26.0 Å². The van der Waals surface area contributed by atoms with E-state index in [1.54, 1.807) is 0 Å². The summed E-state index contributed by atoms with van der Waals surface area (Å²) in [6.45, 7) is 0. The summed E-state index contributed by atoms with van der Waals surface area (Å²) < 4.78 is 2.13. The molecule has 0 aliphatic rings. The van der Waals surface area contributed by atoms with E-state index in [1.165, 1.54) is 21.9 Å². The molecule has 0 aromatic heterocycles. The molecule has 0 atom stereocenters. The molecule has 5 aromatic carbocycles. The Morgan fingerprint density at radius 1 is 0.419 bits per heavy atom. The van der Waals surface area contributed by atoms with Gasteiger partial charge in [0.2, 0.25) is 0 Å². The first kappa shape index (κ1) is 20.0. The smallest absolute Gasteiger partial charge is 0.0467 e. The highest BCUT2D eigenvalue weighted by atomic mass is 79.9. The Morgan fingerprint density at radius 3 is 1.65 bits per heavy atom. The number of benzene rings is 5. The largest absolute Gasteiger partial charge is 0.310 e. The zero-order valence-corrected chi connectivity index (χ0v) is 19.8. The quantitative estimate of drug-likeness (QED) is 0.224. The molecule has 0 radical (unpaired) electrons. The van der Waals surface area contributed by atoms with Crippen LogP contribution in [0.2, 0.25) is 0 Å². The van der Waals surface area contributed by atoms with Gasteiger partial charge < -0.3 is 4.90 Å². The molecule has 5 aromatic rings. The van der Waals surface area contributed by atoms with Crippen LogP contribution in [0, 0.1) is 0 Å². The third-order valence-electron chi connectivity index (χ3n) is 5.36. The second-order valence-corrected chi connectivity index (χ2v) is 9.23. The molecule has 150 valence electrons. The van der Waals surface area contributed by atoms with Crippen LogP contribution in [0.15, 0.2) is 124 Å². The maximum atomic E-state index is 3.55. The highest BCUT2D eigenvalue weighted by Crippen LogP contribution is 2.37. The standard InChI is InChI=1S/C28H19Br2N/c29-24-10-14-26(15-11-24)31(27-16-12-25(30)13-17-27)28-7-3-6-22(19-28)23-9-8-20-4-1-2-5-21(20)18-23/h1-19H. The van der Waals surface area contributed by atoms with E-state index in [4.69, 9.17) is 0 Å². The topological polar surface area (TPSA) is 3.24 Å². The highest BCUT2D eigenvalue weighted by molar-refractivity contribution is 9.10. The molecule has 31 heavy (non-hydrogen) atoms. The minimum atomic E-state index is 1.07. The molecule has 0 saturated heterocycles. The number of hydrogen-bond acceptors (Lipinski definition) is 1. The Bertz CT molecular complexity index is 1300. The number of rotatable bonds is 4. The molecule has 0 aliphatic carbocycles. The van der Waals surface area contributed by atoms with E-state index in [1.807, 2.05) is 0 Å². The summed E-state index contributed by atoms with van der Waals surface area (Å²) in [5.41, 5.74) is 5.76. The molecule has 3 heteroatoms. The summed E-state index contributed by atoms with van der Waals surface area (Å²) in [6, 6.07) is 40.7. The molecule has 0 amide bonds. The zero-order valence-electron chi connectivity index (χ0n) is 16.7.